The molecule has 0 radical (unpaired) electrons. The van der Waals surface area contributed by atoms with Crippen molar-refractivity contribution in [1.29, 1.82) is 0 Å². The first kappa shape index (κ1) is 35.0. The normalized spacial score (nSPS) is 12.1. The molecule has 4 nitrogen and oxygen atoms in total. The van der Waals surface area contributed by atoms with Gasteiger partial charge in [0.1, 0.15) is 21.3 Å². The Morgan fingerprint density at radius 3 is 1.68 bits per heavy atom. The molecule has 0 fully saturated rings. The van der Waals surface area contributed by atoms with Crippen molar-refractivity contribution in [3.8, 4) is 0 Å². The maximum Gasteiger partial charge on any atom is 0.133 e. The van der Waals surface area contributed by atoms with Crippen LogP contribution in [0.1, 0.15) is 96.1 Å². The highest BCUT2D eigenvalue weighted by Crippen LogP contribution is 2.37. The van der Waals surface area contributed by atoms with Crippen LogP contribution in [0.2, 0.25) is 5.02 Å². The Labute approximate surface area is 255 Å². The summed E-state index contributed by atoms with van der Waals surface area (Å²) in [6.07, 6.45) is 14.0. The minimum Gasteiger partial charge on any atom is -0.744 e. The van der Waals surface area contributed by atoms with E-state index in [9.17, 15) is 13.0 Å². The van der Waals surface area contributed by atoms with Crippen molar-refractivity contribution >= 4 is 27.4 Å². The van der Waals surface area contributed by atoms with E-state index in [0.29, 0.717) is 0 Å². The van der Waals surface area contributed by atoms with Gasteiger partial charge in [0.15, 0.2) is 0 Å². The van der Waals surface area contributed by atoms with Gasteiger partial charge in [-0.3, -0.25) is 4.48 Å². The van der Waals surface area contributed by atoms with Gasteiger partial charge in [0.25, 0.3) is 0 Å². The molecular formula is C35H50ClNO3S. The zero-order valence-electron chi connectivity index (χ0n) is 25.7. The predicted octanol–water partition coefficient (Wildman–Crippen LogP) is 9.90. The summed E-state index contributed by atoms with van der Waals surface area (Å²) >= 11 is 5.99. The van der Waals surface area contributed by atoms with Gasteiger partial charge in [-0.25, -0.2) is 8.42 Å². The van der Waals surface area contributed by atoms with Gasteiger partial charge < -0.3 is 4.55 Å². The van der Waals surface area contributed by atoms with E-state index in [1.807, 2.05) is 12.1 Å². The average Bonchev–Trinajstić information content (AvgIpc) is 2.95. The van der Waals surface area contributed by atoms with Gasteiger partial charge in [0.05, 0.1) is 19.0 Å². The van der Waals surface area contributed by atoms with Gasteiger partial charge >= 0.3 is 0 Å². The first-order chi connectivity index (χ1) is 19.4. The van der Waals surface area contributed by atoms with E-state index in [4.69, 9.17) is 11.6 Å². The fourth-order valence-electron chi connectivity index (χ4n) is 4.94. The van der Waals surface area contributed by atoms with Crippen molar-refractivity contribution in [2.24, 2.45) is 0 Å². The number of benzene rings is 3. The molecule has 0 bridgehead atoms. The standard InChI is InChI=1S/C18H30O3S.C17H21ClN/c1-2-3-4-5-6-7-8-9-10-11-12-17-13-15-18(16-14-17)22(19,20)21;1-17(2,14-10-12-15(18)13-11-14)19(3,4)16-8-6-5-7-9-16/h13-16H,2-12H2,1H3,(H,19,20,21);5-13H,1-4H3/q;+1/p-1. The summed E-state index contributed by atoms with van der Waals surface area (Å²) in [4.78, 5) is -0.140. The van der Waals surface area contributed by atoms with Gasteiger partial charge in [-0.05, 0) is 68.7 Å². The molecule has 0 aliphatic heterocycles. The quantitative estimate of drug-likeness (QED) is 0.0992. The third kappa shape index (κ3) is 11.5. The van der Waals surface area contributed by atoms with Crippen molar-refractivity contribution in [3.63, 3.8) is 0 Å². The highest BCUT2D eigenvalue weighted by Gasteiger charge is 2.39. The summed E-state index contributed by atoms with van der Waals surface area (Å²) in [5.74, 6) is 0. The van der Waals surface area contributed by atoms with Crippen LogP contribution in [-0.4, -0.2) is 27.1 Å². The Kier molecular flexibility index (Phi) is 14.6. The maximum absolute atomic E-state index is 10.8. The lowest BCUT2D eigenvalue weighted by molar-refractivity contribution is 0.198. The second kappa shape index (κ2) is 17.1. The molecule has 41 heavy (non-hydrogen) atoms. The van der Waals surface area contributed by atoms with Crippen molar-refractivity contribution in [1.82, 2.24) is 4.48 Å². The summed E-state index contributed by atoms with van der Waals surface area (Å²) in [5.41, 5.74) is 3.64. The first-order valence-electron chi connectivity index (χ1n) is 15.1. The second-order valence-electron chi connectivity index (χ2n) is 11.9. The molecule has 0 spiro atoms. The van der Waals surface area contributed by atoms with E-state index in [-0.39, 0.29) is 10.4 Å². The smallest absolute Gasteiger partial charge is 0.133 e. The summed E-state index contributed by atoms with van der Waals surface area (Å²) in [5, 5.41) is 0.782. The Morgan fingerprint density at radius 1 is 0.707 bits per heavy atom. The number of aryl methyl sites for hydroxylation is 1. The number of para-hydroxylation sites is 1. The SMILES string of the molecule is CC(C)(c1ccc(Cl)cc1)[N+](C)(C)c1ccccc1.CCCCCCCCCCCCc1ccc(S(=O)(=O)[O-])cc1. The van der Waals surface area contributed by atoms with Crippen LogP contribution in [0, 0.1) is 0 Å². The van der Waals surface area contributed by atoms with Gasteiger partial charge in [-0.1, -0.05) is 119 Å². The molecule has 0 N–H and O–H groups in total. The van der Waals surface area contributed by atoms with Crippen LogP contribution in [0.5, 0.6) is 0 Å². The average molecular weight is 600 g/mol. The molecule has 0 unspecified atom stereocenters. The van der Waals surface area contributed by atoms with E-state index >= 15 is 0 Å². The molecule has 0 aliphatic rings. The lowest BCUT2D eigenvalue weighted by atomic mass is 9.89. The number of rotatable bonds is 15. The molecule has 0 heterocycles. The van der Waals surface area contributed by atoms with Crippen LogP contribution in [0.15, 0.2) is 83.8 Å². The number of nitrogens with zero attached hydrogens (tertiary/aromatic N) is 1. The van der Waals surface area contributed by atoms with Crippen LogP contribution in [0.3, 0.4) is 0 Å². The number of hydrogen-bond acceptors (Lipinski definition) is 3. The van der Waals surface area contributed by atoms with Crippen LogP contribution in [0.25, 0.3) is 0 Å². The molecule has 226 valence electrons. The number of hydrogen-bond donors (Lipinski definition) is 0. The highest BCUT2D eigenvalue weighted by atomic mass is 35.5. The fourth-order valence-corrected chi connectivity index (χ4v) is 5.54. The molecule has 3 aromatic carbocycles. The van der Waals surface area contributed by atoms with E-state index in [1.54, 1.807) is 12.1 Å². The molecule has 3 aromatic rings. The zero-order valence-corrected chi connectivity index (χ0v) is 27.3. The van der Waals surface area contributed by atoms with Gasteiger partial charge in [0.2, 0.25) is 0 Å². The lowest BCUT2D eigenvalue weighted by Crippen LogP contribution is -2.55. The minimum absolute atomic E-state index is 0.0358. The maximum atomic E-state index is 10.8. The Bertz CT molecular complexity index is 1240. The third-order valence-electron chi connectivity index (χ3n) is 8.38. The van der Waals surface area contributed by atoms with Crippen LogP contribution >= 0.6 is 11.6 Å². The van der Waals surface area contributed by atoms with Gasteiger partial charge in [-0.2, -0.15) is 0 Å². The van der Waals surface area contributed by atoms with Crippen molar-refractivity contribution in [2.75, 3.05) is 14.1 Å². The Balaban J connectivity index is 0.000000289. The molecule has 0 amide bonds. The van der Waals surface area contributed by atoms with Crippen molar-refractivity contribution in [2.45, 2.75) is 102 Å². The molecule has 0 saturated heterocycles. The zero-order chi connectivity index (χ0) is 30.4. The Hall–Kier alpha value is -2.18. The number of unbranched alkanes of at least 4 members (excludes halogenated alkanes) is 9. The predicted molar refractivity (Wildman–Crippen MR) is 175 cm³/mol. The largest absolute Gasteiger partial charge is 0.744 e. The number of halogens is 1. The van der Waals surface area contributed by atoms with Gasteiger partial charge in [0, 0.05) is 10.6 Å². The Morgan fingerprint density at radius 2 is 1.20 bits per heavy atom. The van der Waals surface area contributed by atoms with Crippen molar-refractivity contribution < 1.29 is 13.0 Å². The van der Waals surface area contributed by atoms with Gasteiger partial charge in [-0.15, -0.1) is 0 Å². The summed E-state index contributed by atoms with van der Waals surface area (Å²) < 4.78 is 33.3. The molecule has 3 rings (SSSR count). The van der Waals surface area contributed by atoms with Crippen LogP contribution < -0.4 is 4.48 Å². The second-order valence-corrected chi connectivity index (χ2v) is 13.7. The highest BCUT2D eigenvalue weighted by molar-refractivity contribution is 7.85. The van der Waals surface area contributed by atoms with E-state index < -0.39 is 10.1 Å². The molecular weight excluding hydrogens is 550 g/mol. The molecule has 6 heteroatoms. The molecule has 0 aliphatic carbocycles. The van der Waals surface area contributed by atoms with Crippen LogP contribution in [0.4, 0.5) is 5.69 Å². The summed E-state index contributed by atoms with van der Waals surface area (Å²) in [6, 6.07) is 25.1. The monoisotopic (exact) mass is 599 g/mol. The number of quaternary nitrogens is 1. The minimum atomic E-state index is -4.31. The van der Waals surface area contributed by atoms with E-state index in [2.05, 4.69) is 77.3 Å². The molecule has 0 aromatic heterocycles. The summed E-state index contributed by atoms with van der Waals surface area (Å²) in [7, 11) is 0.166. The fraction of sp³-hybridized carbons (Fsp3) is 0.486. The first-order valence-corrected chi connectivity index (χ1v) is 16.9. The van der Waals surface area contributed by atoms with E-state index in [1.165, 1.54) is 81.2 Å². The molecule has 0 atom stereocenters. The molecule has 0 saturated carbocycles. The van der Waals surface area contributed by atoms with Crippen LogP contribution in [-0.2, 0) is 22.1 Å². The third-order valence-corrected chi connectivity index (χ3v) is 9.48. The summed E-state index contributed by atoms with van der Waals surface area (Å²) in [6.45, 7) is 6.78. The van der Waals surface area contributed by atoms with Crippen molar-refractivity contribution in [3.05, 3.63) is 95.0 Å². The van der Waals surface area contributed by atoms with E-state index in [0.717, 1.165) is 27.9 Å². The topological polar surface area (TPSA) is 57.2 Å². The lowest BCUT2D eigenvalue weighted by Gasteiger charge is -2.44.